The highest BCUT2D eigenvalue weighted by atomic mass is 16.8. The fraction of sp³-hybridized carbons (Fsp3) is 0.694. The van der Waals surface area contributed by atoms with Gasteiger partial charge in [-0.15, -0.1) is 0 Å². The average molecular weight is 1080 g/mol. The number of allylic oxidation sites excluding steroid dienone is 5. The maximum atomic E-state index is 13.2. The molecule has 0 saturated carbocycles. The van der Waals surface area contributed by atoms with Gasteiger partial charge >= 0.3 is 29.8 Å². The smallest absolute Gasteiger partial charge is 0.333 e. The number of carbonyl (C=O) groups is 5. The molecular weight excluding hydrogens is 1000 g/mol. The van der Waals surface area contributed by atoms with E-state index in [9.17, 15) is 69.9 Å². The molecule has 4 saturated heterocycles. The van der Waals surface area contributed by atoms with E-state index >= 15 is 0 Å². The van der Waals surface area contributed by atoms with Crippen molar-refractivity contribution in [3.63, 3.8) is 0 Å². The van der Waals surface area contributed by atoms with Gasteiger partial charge in [0, 0.05) is 27.9 Å². The first-order valence-electron chi connectivity index (χ1n) is 24.1. The van der Waals surface area contributed by atoms with E-state index in [1.807, 2.05) is 0 Å². The molecule has 4 heterocycles. The molecular formula is C49H72O26. The summed E-state index contributed by atoms with van der Waals surface area (Å²) in [6.45, 7) is 11.3. The lowest BCUT2D eigenvalue weighted by Gasteiger charge is -2.49. The molecule has 0 aromatic carbocycles. The average Bonchev–Trinajstić information content (AvgIpc) is 3.40. The van der Waals surface area contributed by atoms with Crippen molar-refractivity contribution >= 4 is 29.8 Å². The molecule has 0 amide bonds. The van der Waals surface area contributed by atoms with Crippen LogP contribution in [0.25, 0.3) is 0 Å². The standard InChI is InChI=1S/C49H72O26/c1-11-20(6)41(59)64-18-27-29(52)32(55)39(73-46-34(57)37(31(54)25(16-50)66-46)71-44(62)23(9)14-4)48(68-27)75-49-40(33(56)30(53)28(69-49)19-65-42(60)21(7)12-2)74-47-35(58)38(72-45(63)24(10)15-5)36(26(17-51)67-47)70-43(61)22(8)13-3/h11-15,25-40,46-58H,16-19H2,1-10H3/t25-,26-,27-,28-,29-,30-,31-,32+,33+,34-,35-,36-,37+,38-,39-,40-,46+,47+,48-,49-/m1/s1. The molecule has 20 atom stereocenters. The number of rotatable bonds is 20. The van der Waals surface area contributed by atoms with E-state index in [0.717, 1.165) is 0 Å². The van der Waals surface area contributed by atoms with Crippen molar-refractivity contribution in [2.45, 2.75) is 192 Å². The van der Waals surface area contributed by atoms with Gasteiger partial charge in [0.05, 0.1) is 13.2 Å². The Kier molecular flexibility index (Phi) is 24.1. The third kappa shape index (κ3) is 15.3. The molecule has 0 spiro atoms. The third-order valence-electron chi connectivity index (χ3n) is 13.0. The first-order chi connectivity index (χ1) is 35.4. The highest BCUT2D eigenvalue weighted by Gasteiger charge is 2.57. The van der Waals surface area contributed by atoms with Crippen molar-refractivity contribution in [1.82, 2.24) is 0 Å². The summed E-state index contributed by atoms with van der Waals surface area (Å²) in [5.74, 6) is -4.66. The zero-order valence-electron chi connectivity index (χ0n) is 43.2. The topological polar surface area (TPSA) is 378 Å². The Hall–Kier alpha value is -4.59. The van der Waals surface area contributed by atoms with Gasteiger partial charge in [0.1, 0.15) is 92.6 Å². The maximum absolute atomic E-state index is 13.2. The summed E-state index contributed by atoms with van der Waals surface area (Å²) in [6.07, 6.45) is -32.4. The number of ether oxygens (including phenoxy) is 12. The molecule has 0 aromatic heterocycles. The van der Waals surface area contributed by atoms with Gasteiger partial charge in [-0.2, -0.15) is 0 Å². The van der Waals surface area contributed by atoms with Crippen LogP contribution in [0.5, 0.6) is 0 Å². The van der Waals surface area contributed by atoms with E-state index in [1.54, 1.807) is 13.8 Å². The van der Waals surface area contributed by atoms with E-state index in [0.29, 0.717) is 0 Å². The third-order valence-corrected chi connectivity index (χ3v) is 13.0. The molecule has 26 heteroatoms. The minimum atomic E-state index is -2.21. The second-order valence-corrected chi connectivity index (χ2v) is 18.0. The molecule has 0 radical (unpaired) electrons. The van der Waals surface area contributed by atoms with Gasteiger partial charge in [0.25, 0.3) is 0 Å². The molecule has 75 heavy (non-hydrogen) atoms. The van der Waals surface area contributed by atoms with E-state index in [2.05, 4.69) is 0 Å². The molecule has 0 aliphatic carbocycles. The van der Waals surface area contributed by atoms with Crippen LogP contribution in [0, 0.1) is 0 Å². The molecule has 0 aromatic rings. The van der Waals surface area contributed by atoms with Gasteiger partial charge in [0.15, 0.2) is 43.5 Å². The van der Waals surface area contributed by atoms with Gasteiger partial charge < -0.3 is 103 Å². The zero-order chi connectivity index (χ0) is 56.2. The minimum absolute atomic E-state index is 0.0431. The molecule has 424 valence electrons. The van der Waals surface area contributed by atoms with E-state index < -0.39 is 179 Å². The molecule has 0 unspecified atom stereocenters. The van der Waals surface area contributed by atoms with E-state index in [-0.39, 0.29) is 27.9 Å². The van der Waals surface area contributed by atoms with Crippen LogP contribution in [-0.2, 0) is 80.8 Å². The van der Waals surface area contributed by atoms with Gasteiger partial charge in [-0.05, 0) is 69.2 Å². The highest BCUT2D eigenvalue weighted by molar-refractivity contribution is 5.89. The van der Waals surface area contributed by atoms with Crippen molar-refractivity contribution in [2.24, 2.45) is 0 Å². The number of hydrogen-bond donors (Lipinski definition) is 9. The molecule has 4 aliphatic rings. The monoisotopic (exact) mass is 1080 g/mol. The van der Waals surface area contributed by atoms with Crippen LogP contribution in [-0.4, -0.2) is 225 Å². The van der Waals surface area contributed by atoms with Gasteiger partial charge in [-0.3, -0.25) is 0 Å². The van der Waals surface area contributed by atoms with Crippen molar-refractivity contribution in [1.29, 1.82) is 0 Å². The second kappa shape index (κ2) is 28.7. The summed E-state index contributed by atoms with van der Waals surface area (Å²) in [5.41, 5.74) is 0.466. The number of aliphatic hydroxyl groups excluding tert-OH is 9. The Morgan fingerprint density at radius 3 is 1.05 bits per heavy atom. The van der Waals surface area contributed by atoms with Gasteiger partial charge in [0.2, 0.25) is 0 Å². The van der Waals surface area contributed by atoms with Crippen molar-refractivity contribution in [3.8, 4) is 0 Å². The second-order valence-electron chi connectivity index (χ2n) is 18.0. The molecule has 4 rings (SSSR count). The summed E-state index contributed by atoms with van der Waals surface area (Å²) >= 11 is 0. The van der Waals surface area contributed by atoms with Crippen LogP contribution in [0.1, 0.15) is 69.2 Å². The quantitative estimate of drug-likeness (QED) is 0.0356. The maximum Gasteiger partial charge on any atom is 0.333 e. The Bertz CT molecular complexity index is 2120. The summed E-state index contributed by atoms with van der Waals surface area (Å²) in [5, 5.41) is 102. The van der Waals surface area contributed by atoms with E-state index in [1.165, 1.54) is 85.8 Å². The number of carbonyl (C=O) groups excluding carboxylic acids is 5. The normalized spacial score (nSPS) is 37.3. The molecule has 4 aliphatic heterocycles. The zero-order valence-corrected chi connectivity index (χ0v) is 43.2. The van der Waals surface area contributed by atoms with Crippen LogP contribution < -0.4 is 0 Å². The van der Waals surface area contributed by atoms with Crippen molar-refractivity contribution in [3.05, 3.63) is 58.2 Å². The van der Waals surface area contributed by atoms with Gasteiger partial charge in [-0.25, -0.2) is 24.0 Å². The lowest BCUT2D eigenvalue weighted by atomic mass is 9.96. The lowest BCUT2D eigenvalue weighted by molar-refractivity contribution is -0.414. The molecule has 4 fully saturated rings. The van der Waals surface area contributed by atoms with Crippen LogP contribution in [0.15, 0.2) is 58.2 Å². The number of hydrogen-bond acceptors (Lipinski definition) is 26. The van der Waals surface area contributed by atoms with Gasteiger partial charge in [-0.1, -0.05) is 30.4 Å². The van der Waals surface area contributed by atoms with Crippen LogP contribution in [0.2, 0.25) is 0 Å². The number of esters is 5. The SMILES string of the molecule is CC=C(C)C(=O)OC[C@H]1O[C@H](O[C@H]2O[C@H](COC(=O)C(C)=CC)[C@@H](O)[C@H](O)[C@H]2O[C@@H]2O[C@H](CO)[C@@H](OC(=O)C(C)=CC)[C@H](OC(=O)C(C)=CC)[C@H]2O)[C@H](O[C@@H]2O[C@H](CO)[C@@H](O)[C@H](OC(=O)C(C)=CC)[C@H]2O)[C@@H](O)[C@@H]1O. The largest absolute Gasteiger partial charge is 0.459 e. The Balaban J connectivity index is 1.83. The van der Waals surface area contributed by atoms with Crippen LogP contribution in [0.3, 0.4) is 0 Å². The first-order valence-corrected chi connectivity index (χ1v) is 24.1. The fourth-order valence-electron chi connectivity index (χ4n) is 7.55. The van der Waals surface area contributed by atoms with Crippen molar-refractivity contribution in [2.75, 3.05) is 26.4 Å². The predicted octanol–water partition coefficient (Wildman–Crippen LogP) is -2.16. The first kappa shape index (κ1) is 62.9. The summed E-state index contributed by atoms with van der Waals surface area (Å²) in [7, 11) is 0. The summed E-state index contributed by atoms with van der Waals surface area (Å²) in [4.78, 5) is 64.6. The van der Waals surface area contributed by atoms with Crippen molar-refractivity contribution < 1.29 is 127 Å². The highest BCUT2D eigenvalue weighted by Crippen LogP contribution is 2.37. The van der Waals surface area contributed by atoms with Crippen LogP contribution in [0.4, 0.5) is 0 Å². The Labute approximate surface area is 432 Å². The Morgan fingerprint density at radius 2 is 0.680 bits per heavy atom. The lowest BCUT2D eigenvalue weighted by Crippen LogP contribution is -2.68. The van der Waals surface area contributed by atoms with Crippen LogP contribution >= 0.6 is 0 Å². The minimum Gasteiger partial charge on any atom is -0.459 e. The summed E-state index contributed by atoms with van der Waals surface area (Å²) < 4.78 is 69.2. The molecule has 26 nitrogen and oxygen atoms in total. The predicted molar refractivity (Wildman–Crippen MR) is 250 cm³/mol. The number of aliphatic hydroxyl groups is 9. The Morgan fingerprint density at radius 1 is 0.360 bits per heavy atom. The van der Waals surface area contributed by atoms with E-state index in [4.69, 9.17) is 56.8 Å². The molecule has 9 N–H and O–H groups in total. The molecule has 0 bridgehead atoms. The fourth-order valence-corrected chi connectivity index (χ4v) is 7.55. The summed E-state index contributed by atoms with van der Waals surface area (Å²) in [6, 6.07) is 0.